The van der Waals surface area contributed by atoms with E-state index >= 15 is 0 Å². The zero-order valence-electron chi connectivity index (χ0n) is 11.5. The maximum Gasteiger partial charge on any atom is 0.258 e. The fourth-order valence-electron chi connectivity index (χ4n) is 1.80. The van der Waals surface area contributed by atoms with Crippen molar-refractivity contribution in [3.63, 3.8) is 0 Å². The summed E-state index contributed by atoms with van der Waals surface area (Å²) in [6, 6.07) is 13.5. The summed E-state index contributed by atoms with van der Waals surface area (Å²) in [6.45, 7) is 0.427. The van der Waals surface area contributed by atoms with Crippen molar-refractivity contribution in [2.75, 3.05) is 6.61 Å². The molecule has 0 heterocycles. The van der Waals surface area contributed by atoms with Gasteiger partial charge in [-0.25, -0.2) is 4.39 Å². The summed E-state index contributed by atoms with van der Waals surface area (Å²) in [6.07, 6.45) is 0. The molecule has 5 heteroatoms. The molecule has 0 fully saturated rings. The Balaban J connectivity index is 1.81. The number of nitrogens with one attached hydrogen (secondary N) is 1. The number of carbonyl (C=O) groups excluding carboxylic acids is 1. The molecule has 2 rings (SSSR count). The highest BCUT2D eigenvalue weighted by Gasteiger charge is 2.05. The van der Waals surface area contributed by atoms with Gasteiger partial charge >= 0.3 is 0 Å². The third kappa shape index (κ3) is 4.57. The summed E-state index contributed by atoms with van der Waals surface area (Å²) in [5, 5.41) is 2.61. The van der Waals surface area contributed by atoms with E-state index in [0.29, 0.717) is 17.9 Å². The van der Waals surface area contributed by atoms with Crippen LogP contribution in [0, 0.1) is 5.82 Å². The summed E-state index contributed by atoms with van der Waals surface area (Å²) in [4.78, 5) is 11.7. The number of hydrogen-bond acceptors (Lipinski definition) is 3. The van der Waals surface area contributed by atoms with Crippen LogP contribution in [0.4, 0.5) is 4.39 Å². The van der Waals surface area contributed by atoms with Gasteiger partial charge in [0.2, 0.25) is 0 Å². The van der Waals surface area contributed by atoms with Crippen molar-refractivity contribution in [1.29, 1.82) is 0 Å². The van der Waals surface area contributed by atoms with Crippen molar-refractivity contribution < 1.29 is 13.9 Å². The van der Waals surface area contributed by atoms with E-state index in [0.717, 1.165) is 5.56 Å². The van der Waals surface area contributed by atoms with Gasteiger partial charge in [0.15, 0.2) is 6.61 Å². The molecule has 0 aromatic heterocycles. The summed E-state index contributed by atoms with van der Waals surface area (Å²) >= 11 is 0. The molecule has 0 unspecified atom stereocenters. The highest BCUT2D eigenvalue weighted by molar-refractivity contribution is 5.77. The Morgan fingerprint density at radius 1 is 1.19 bits per heavy atom. The van der Waals surface area contributed by atoms with Crippen molar-refractivity contribution in [1.82, 2.24) is 5.32 Å². The smallest absolute Gasteiger partial charge is 0.258 e. The minimum absolute atomic E-state index is 0.123. The predicted molar refractivity (Wildman–Crippen MR) is 78.1 cm³/mol. The minimum Gasteiger partial charge on any atom is -0.484 e. The van der Waals surface area contributed by atoms with Crippen molar-refractivity contribution in [2.45, 2.75) is 13.1 Å². The molecule has 2 aromatic carbocycles. The molecule has 0 aliphatic heterocycles. The quantitative estimate of drug-likeness (QED) is 0.854. The van der Waals surface area contributed by atoms with Gasteiger partial charge in [-0.1, -0.05) is 30.3 Å². The van der Waals surface area contributed by atoms with Crippen molar-refractivity contribution >= 4 is 5.91 Å². The van der Waals surface area contributed by atoms with Gasteiger partial charge in [0.25, 0.3) is 5.91 Å². The first kappa shape index (κ1) is 15.0. The Bertz CT molecular complexity index is 617. The molecule has 0 spiro atoms. The Hall–Kier alpha value is -2.40. The lowest BCUT2D eigenvalue weighted by molar-refractivity contribution is -0.123. The highest BCUT2D eigenvalue weighted by atomic mass is 19.1. The number of ether oxygens (including phenoxy) is 1. The van der Waals surface area contributed by atoms with Gasteiger partial charge in [-0.05, 0) is 23.8 Å². The van der Waals surface area contributed by atoms with E-state index < -0.39 is 0 Å². The minimum atomic E-state index is -0.339. The van der Waals surface area contributed by atoms with E-state index in [9.17, 15) is 9.18 Å². The molecule has 3 N–H and O–H groups in total. The Labute approximate surface area is 122 Å². The lowest BCUT2D eigenvalue weighted by Gasteiger charge is -2.09. The second kappa shape index (κ2) is 7.40. The van der Waals surface area contributed by atoms with Crippen LogP contribution in [0.5, 0.6) is 5.75 Å². The van der Waals surface area contributed by atoms with E-state index in [1.807, 2.05) is 12.1 Å². The van der Waals surface area contributed by atoms with E-state index in [-0.39, 0.29) is 24.9 Å². The number of rotatable bonds is 6. The SMILES string of the molecule is NCc1cccc(OCC(=O)NCc2ccccc2F)c1. The molecule has 110 valence electrons. The lowest BCUT2D eigenvalue weighted by atomic mass is 10.2. The molecule has 0 saturated heterocycles. The van der Waals surface area contributed by atoms with Gasteiger partial charge in [-0.2, -0.15) is 0 Å². The van der Waals surface area contributed by atoms with E-state index in [4.69, 9.17) is 10.5 Å². The van der Waals surface area contributed by atoms with Crippen LogP contribution in [0.25, 0.3) is 0 Å². The van der Waals surface area contributed by atoms with Crippen LogP contribution in [-0.2, 0) is 17.9 Å². The molecule has 0 radical (unpaired) electrons. The summed E-state index contributed by atoms with van der Waals surface area (Å²) in [5.41, 5.74) is 6.90. The zero-order chi connectivity index (χ0) is 15.1. The van der Waals surface area contributed by atoms with Gasteiger partial charge < -0.3 is 15.8 Å². The number of carbonyl (C=O) groups is 1. The average Bonchev–Trinajstić information content (AvgIpc) is 2.52. The number of benzene rings is 2. The molecule has 21 heavy (non-hydrogen) atoms. The molecule has 4 nitrogen and oxygen atoms in total. The van der Waals surface area contributed by atoms with Gasteiger partial charge in [0.05, 0.1) is 0 Å². The largest absolute Gasteiger partial charge is 0.484 e. The topological polar surface area (TPSA) is 64.3 Å². The van der Waals surface area contributed by atoms with E-state index in [1.54, 1.807) is 30.3 Å². The van der Waals surface area contributed by atoms with Crippen LogP contribution in [0.15, 0.2) is 48.5 Å². The predicted octanol–water partition coefficient (Wildman–Crippen LogP) is 1.98. The second-order valence-electron chi connectivity index (χ2n) is 4.51. The van der Waals surface area contributed by atoms with Crippen molar-refractivity contribution in [3.05, 3.63) is 65.5 Å². The zero-order valence-corrected chi connectivity index (χ0v) is 11.5. The van der Waals surface area contributed by atoms with Crippen LogP contribution in [0.2, 0.25) is 0 Å². The first-order valence-electron chi connectivity index (χ1n) is 6.61. The van der Waals surface area contributed by atoms with E-state index in [2.05, 4.69) is 5.32 Å². The normalized spacial score (nSPS) is 10.2. The third-order valence-corrected chi connectivity index (χ3v) is 2.94. The molecule has 0 aliphatic carbocycles. The number of halogens is 1. The van der Waals surface area contributed by atoms with Crippen LogP contribution in [0.1, 0.15) is 11.1 Å². The summed E-state index contributed by atoms with van der Waals surface area (Å²) in [7, 11) is 0. The molecule has 2 aromatic rings. The highest BCUT2D eigenvalue weighted by Crippen LogP contribution is 2.12. The van der Waals surface area contributed by atoms with Crippen LogP contribution < -0.4 is 15.8 Å². The summed E-state index contributed by atoms with van der Waals surface area (Å²) in [5.74, 6) is -0.0650. The van der Waals surface area contributed by atoms with Gasteiger partial charge in [0, 0.05) is 18.7 Å². The first-order chi connectivity index (χ1) is 10.2. The molecule has 1 amide bonds. The lowest BCUT2D eigenvalue weighted by Crippen LogP contribution is -2.28. The van der Waals surface area contributed by atoms with Crippen LogP contribution >= 0.6 is 0 Å². The third-order valence-electron chi connectivity index (χ3n) is 2.94. The molecule has 0 saturated carbocycles. The molecule has 0 atom stereocenters. The number of nitrogens with two attached hydrogens (primary N) is 1. The fourth-order valence-corrected chi connectivity index (χ4v) is 1.80. The maximum absolute atomic E-state index is 13.4. The van der Waals surface area contributed by atoms with Gasteiger partial charge in [0.1, 0.15) is 11.6 Å². The molecular formula is C16H17FN2O2. The van der Waals surface area contributed by atoms with Gasteiger partial charge in [-0.3, -0.25) is 4.79 Å². The Morgan fingerprint density at radius 3 is 2.76 bits per heavy atom. The average molecular weight is 288 g/mol. The fraction of sp³-hybridized carbons (Fsp3) is 0.188. The molecule has 0 bridgehead atoms. The monoisotopic (exact) mass is 288 g/mol. The number of hydrogen-bond donors (Lipinski definition) is 2. The van der Waals surface area contributed by atoms with E-state index in [1.165, 1.54) is 6.07 Å². The maximum atomic E-state index is 13.4. The Morgan fingerprint density at radius 2 is 2.00 bits per heavy atom. The first-order valence-corrected chi connectivity index (χ1v) is 6.61. The molecule has 0 aliphatic rings. The van der Waals surface area contributed by atoms with Gasteiger partial charge in [-0.15, -0.1) is 0 Å². The van der Waals surface area contributed by atoms with Crippen LogP contribution in [0.3, 0.4) is 0 Å². The Kier molecular flexibility index (Phi) is 5.29. The standard InChI is InChI=1S/C16H17FN2O2/c17-15-7-2-1-5-13(15)10-19-16(20)11-21-14-6-3-4-12(8-14)9-18/h1-8H,9-11,18H2,(H,19,20). The number of amides is 1. The molecular weight excluding hydrogens is 271 g/mol. The summed E-state index contributed by atoms with van der Waals surface area (Å²) < 4.78 is 18.7. The second-order valence-corrected chi connectivity index (χ2v) is 4.51. The van der Waals surface area contributed by atoms with Crippen molar-refractivity contribution in [3.8, 4) is 5.75 Å². The van der Waals surface area contributed by atoms with Crippen LogP contribution in [-0.4, -0.2) is 12.5 Å². The van der Waals surface area contributed by atoms with Crippen molar-refractivity contribution in [2.24, 2.45) is 5.73 Å².